The van der Waals surface area contributed by atoms with Crippen LogP contribution in [0.1, 0.15) is 32.2 Å². The van der Waals surface area contributed by atoms with Crippen molar-refractivity contribution in [3.05, 3.63) is 45.7 Å². The summed E-state index contributed by atoms with van der Waals surface area (Å²) in [5, 5.41) is 11.5. The Labute approximate surface area is 127 Å². The molecule has 0 saturated heterocycles. The quantitative estimate of drug-likeness (QED) is 0.839. The Balaban J connectivity index is 2.00. The number of amides is 1. The van der Waals surface area contributed by atoms with E-state index in [-0.39, 0.29) is 12.5 Å². The van der Waals surface area contributed by atoms with Gasteiger partial charge in [0, 0.05) is 12.6 Å². The molecule has 21 heavy (non-hydrogen) atoms. The van der Waals surface area contributed by atoms with E-state index >= 15 is 0 Å². The number of rotatable bonds is 4. The van der Waals surface area contributed by atoms with Crippen molar-refractivity contribution in [2.24, 2.45) is 0 Å². The number of nitrogens with zero attached hydrogens (tertiary/aromatic N) is 2. The van der Waals surface area contributed by atoms with Crippen molar-refractivity contribution in [1.29, 1.82) is 0 Å². The Hall–Kier alpha value is -2.23. The number of carbonyl (C=O) groups is 1. The highest BCUT2D eigenvalue weighted by Crippen LogP contribution is 2.20. The summed E-state index contributed by atoms with van der Waals surface area (Å²) >= 11 is 1.35. The normalized spacial score (nSPS) is 9.81. The minimum atomic E-state index is -0.142. The lowest BCUT2D eigenvalue weighted by Gasteiger charge is -2.01. The molecule has 0 spiro atoms. The van der Waals surface area contributed by atoms with Crippen molar-refractivity contribution in [3.63, 3.8) is 0 Å². The Bertz CT molecular complexity index is 671. The van der Waals surface area contributed by atoms with Gasteiger partial charge in [0.25, 0.3) is 5.91 Å². The third-order valence-electron chi connectivity index (χ3n) is 2.65. The Morgan fingerprint density at radius 2 is 2.38 bits per heavy atom. The van der Waals surface area contributed by atoms with Crippen LogP contribution in [0, 0.1) is 18.8 Å². The average Bonchev–Trinajstić information content (AvgIpc) is 2.87. The van der Waals surface area contributed by atoms with Gasteiger partial charge in [0.05, 0.1) is 28.6 Å². The van der Waals surface area contributed by atoms with Gasteiger partial charge in [0.1, 0.15) is 6.33 Å². The van der Waals surface area contributed by atoms with Gasteiger partial charge < -0.3 is 10.4 Å². The highest BCUT2D eigenvalue weighted by molar-refractivity contribution is 7.14. The van der Waals surface area contributed by atoms with Crippen LogP contribution in [-0.4, -0.2) is 27.6 Å². The van der Waals surface area contributed by atoms with E-state index in [1.54, 1.807) is 12.3 Å². The zero-order valence-electron chi connectivity index (χ0n) is 11.6. The molecule has 0 fully saturated rings. The van der Waals surface area contributed by atoms with Gasteiger partial charge in [0.15, 0.2) is 0 Å². The van der Waals surface area contributed by atoms with Gasteiger partial charge in [-0.05, 0) is 24.6 Å². The van der Waals surface area contributed by atoms with Gasteiger partial charge in [0.2, 0.25) is 0 Å². The molecule has 0 aliphatic carbocycles. The predicted molar refractivity (Wildman–Crippen MR) is 80.8 cm³/mol. The number of thiophene rings is 1. The number of hydrogen-bond donors (Lipinski definition) is 2. The molecule has 0 aliphatic rings. The topological polar surface area (TPSA) is 75.1 Å². The van der Waals surface area contributed by atoms with Gasteiger partial charge in [-0.3, -0.25) is 4.79 Å². The summed E-state index contributed by atoms with van der Waals surface area (Å²) < 4.78 is 0. The maximum atomic E-state index is 12.1. The SMILES string of the molecule is Cc1cc(C(=O)NCc2ccncn2)sc1C#CCCO. The summed E-state index contributed by atoms with van der Waals surface area (Å²) in [5.74, 6) is 5.69. The minimum Gasteiger partial charge on any atom is -0.395 e. The molecule has 0 atom stereocenters. The standard InChI is InChI=1S/C15H15N3O2S/c1-11-8-14(21-13(11)4-2-3-7-19)15(20)17-9-12-5-6-16-10-18-12/h5-6,8,10,19H,3,7,9H2,1H3,(H,17,20). The Morgan fingerprint density at radius 1 is 1.52 bits per heavy atom. The second-order valence-corrected chi connectivity index (χ2v) is 5.33. The number of aliphatic hydroxyl groups is 1. The molecule has 108 valence electrons. The molecule has 0 aromatic carbocycles. The third-order valence-corrected chi connectivity index (χ3v) is 3.80. The fourth-order valence-corrected chi connectivity index (χ4v) is 2.56. The number of aliphatic hydroxyl groups excluding tert-OH is 1. The van der Waals surface area contributed by atoms with E-state index in [2.05, 4.69) is 27.1 Å². The smallest absolute Gasteiger partial charge is 0.261 e. The van der Waals surface area contributed by atoms with Crippen LogP contribution in [0.4, 0.5) is 0 Å². The van der Waals surface area contributed by atoms with Crippen LogP contribution in [-0.2, 0) is 6.54 Å². The summed E-state index contributed by atoms with van der Waals surface area (Å²) in [6.07, 6.45) is 3.52. The summed E-state index contributed by atoms with van der Waals surface area (Å²) in [6.45, 7) is 2.33. The first kappa shape index (κ1) is 15.2. The van der Waals surface area contributed by atoms with Gasteiger partial charge in [-0.25, -0.2) is 9.97 Å². The molecule has 1 amide bonds. The van der Waals surface area contributed by atoms with E-state index in [0.29, 0.717) is 17.8 Å². The van der Waals surface area contributed by atoms with E-state index in [4.69, 9.17) is 5.11 Å². The molecule has 2 aromatic rings. The highest BCUT2D eigenvalue weighted by atomic mass is 32.1. The lowest BCUT2D eigenvalue weighted by molar-refractivity contribution is 0.0954. The Morgan fingerprint density at radius 3 is 3.10 bits per heavy atom. The molecule has 0 unspecified atom stereocenters. The first-order valence-corrected chi connectivity index (χ1v) is 7.25. The number of carbonyl (C=O) groups excluding carboxylic acids is 1. The van der Waals surface area contributed by atoms with E-state index in [9.17, 15) is 4.79 Å². The molecule has 2 N–H and O–H groups in total. The van der Waals surface area contributed by atoms with Crippen molar-refractivity contribution in [3.8, 4) is 11.8 Å². The lowest BCUT2D eigenvalue weighted by Crippen LogP contribution is -2.22. The molecule has 6 heteroatoms. The first-order chi connectivity index (χ1) is 10.2. The summed E-state index contributed by atoms with van der Waals surface area (Å²) in [5.41, 5.74) is 1.73. The molecule has 2 heterocycles. The molecular formula is C15H15N3O2S. The van der Waals surface area contributed by atoms with Crippen LogP contribution < -0.4 is 5.32 Å². The fraction of sp³-hybridized carbons (Fsp3) is 0.267. The van der Waals surface area contributed by atoms with Crippen LogP contribution in [0.3, 0.4) is 0 Å². The van der Waals surface area contributed by atoms with Crippen molar-refractivity contribution in [1.82, 2.24) is 15.3 Å². The number of aromatic nitrogens is 2. The van der Waals surface area contributed by atoms with E-state index in [0.717, 1.165) is 16.1 Å². The molecule has 0 bridgehead atoms. The molecule has 2 rings (SSSR count). The van der Waals surface area contributed by atoms with Gasteiger partial charge in [-0.15, -0.1) is 11.3 Å². The molecule has 0 saturated carbocycles. The van der Waals surface area contributed by atoms with Crippen molar-refractivity contribution < 1.29 is 9.90 Å². The van der Waals surface area contributed by atoms with Crippen molar-refractivity contribution >= 4 is 17.2 Å². The Kier molecular flexibility index (Phi) is 5.43. The molecule has 0 aliphatic heterocycles. The molecule has 5 nitrogen and oxygen atoms in total. The lowest BCUT2D eigenvalue weighted by atomic mass is 10.2. The van der Waals surface area contributed by atoms with Gasteiger partial charge in [-0.1, -0.05) is 11.8 Å². The summed E-state index contributed by atoms with van der Waals surface area (Å²) in [4.78, 5) is 21.4. The molecule has 2 aromatic heterocycles. The van der Waals surface area contributed by atoms with Crippen LogP contribution in [0.5, 0.6) is 0 Å². The summed E-state index contributed by atoms with van der Waals surface area (Å²) in [7, 11) is 0. The van der Waals surface area contributed by atoms with E-state index in [1.807, 2.05) is 13.0 Å². The minimum absolute atomic E-state index is 0.0453. The van der Waals surface area contributed by atoms with Gasteiger partial charge >= 0.3 is 0 Å². The van der Waals surface area contributed by atoms with Crippen molar-refractivity contribution in [2.45, 2.75) is 19.9 Å². The average molecular weight is 301 g/mol. The molecular weight excluding hydrogens is 286 g/mol. The third kappa shape index (κ3) is 4.38. The van der Waals surface area contributed by atoms with E-state index in [1.165, 1.54) is 17.7 Å². The zero-order valence-corrected chi connectivity index (χ0v) is 12.4. The van der Waals surface area contributed by atoms with Crippen LogP contribution >= 0.6 is 11.3 Å². The number of nitrogens with one attached hydrogen (secondary N) is 1. The van der Waals surface area contributed by atoms with Gasteiger partial charge in [-0.2, -0.15) is 0 Å². The maximum Gasteiger partial charge on any atom is 0.261 e. The summed E-state index contributed by atoms with van der Waals surface area (Å²) in [6, 6.07) is 3.58. The van der Waals surface area contributed by atoms with Crippen LogP contribution in [0.25, 0.3) is 0 Å². The number of aryl methyl sites for hydroxylation is 1. The fourth-order valence-electron chi connectivity index (χ4n) is 1.60. The number of hydrogen-bond acceptors (Lipinski definition) is 5. The largest absolute Gasteiger partial charge is 0.395 e. The van der Waals surface area contributed by atoms with Crippen molar-refractivity contribution in [2.75, 3.05) is 6.61 Å². The second-order valence-electron chi connectivity index (χ2n) is 4.28. The first-order valence-electron chi connectivity index (χ1n) is 6.44. The van der Waals surface area contributed by atoms with Crippen LogP contribution in [0.15, 0.2) is 24.7 Å². The predicted octanol–water partition coefficient (Wildman–Crippen LogP) is 1.51. The van der Waals surface area contributed by atoms with Crippen LogP contribution in [0.2, 0.25) is 0 Å². The zero-order chi connectivity index (χ0) is 15.1. The molecule has 0 radical (unpaired) electrons. The second kappa shape index (κ2) is 7.53. The van der Waals surface area contributed by atoms with E-state index < -0.39 is 0 Å². The highest BCUT2D eigenvalue weighted by Gasteiger charge is 2.11. The monoisotopic (exact) mass is 301 g/mol. The maximum absolute atomic E-state index is 12.1.